The number of nitrogens with zero attached hydrogens (tertiary/aromatic N) is 1. The molecule has 1 amide bonds. The lowest BCUT2D eigenvalue weighted by molar-refractivity contribution is -0.116. The van der Waals surface area contributed by atoms with E-state index < -0.39 is 5.97 Å². The maximum absolute atomic E-state index is 11.7. The molecule has 0 unspecified atom stereocenters. The van der Waals surface area contributed by atoms with E-state index in [9.17, 15) is 9.59 Å². The summed E-state index contributed by atoms with van der Waals surface area (Å²) >= 11 is 1.43. The molecule has 1 aromatic rings. The van der Waals surface area contributed by atoms with Crippen LogP contribution >= 0.6 is 11.8 Å². The molecule has 1 aromatic carbocycles. The van der Waals surface area contributed by atoms with Gasteiger partial charge in [-0.05, 0) is 18.2 Å². The van der Waals surface area contributed by atoms with Crippen LogP contribution in [0.4, 0.5) is 5.69 Å². The highest BCUT2D eigenvalue weighted by atomic mass is 32.2. The Hall–Kier alpha value is -1.75. The van der Waals surface area contributed by atoms with Crippen molar-refractivity contribution in [3.8, 4) is 0 Å². The van der Waals surface area contributed by atoms with E-state index in [1.54, 1.807) is 23.1 Å². The normalized spacial score (nSPS) is 14.4. The molecular weight excluding hydrogens is 238 g/mol. The number of anilines is 1. The third-order valence-corrected chi connectivity index (χ3v) is 3.51. The van der Waals surface area contributed by atoms with Gasteiger partial charge < -0.3 is 10.0 Å². The third kappa shape index (κ3) is 2.19. The van der Waals surface area contributed by atoms with Crippen LogP contribution < -0.4 is 4.90 Å². The Kier molecular flexibility index (Phi) is 3.19. The molecule has 0 atom stereocenters. The number of hydrogen-bond donors (Lipinski definition) is 1. The van der Waals surface area contributed by atoms with Gasteiger partial charge in [0.2, 0.25) is 5.91 Å². The number of fused-ring (bicyclic) bond motifs is 1. The number of carboxylic acid groups (broad SMARTS) is 1. The van der Waals surface area contributed by atoms with Crippen molar-refractivity contribution < 1.29 is 14.7 Å². The summed E-state index contributed by atoms with van der Waals surface area (Å²) in [6, 6.07) is 4.83. The number of thioether (sulfide) groups is 1. The van der Waals surface area contributed by atoms with Crippen molar-refractivity contribution in [3.63, 3.8) is 0 Å². The number of carbonyl (C=O) groups is 2. The van der Waals surface area contributed by atoms with Gasteiger partial charge >= 0.3 is 5.97 Å². The summed E-state index contributed by atoms with van der Waals surface area (Å²) in [5, 5.41) is 8.94. The molecule has 0 aromatic heterocycles. The zero-order chi connectivity index (χ0) is 12.4. The lowest BCUT2D eigenvalue weighted by Crippen LogP contribution is -2.35. The van der Waals surface area contributed by atoms with Crippen molar-refractivity contribution in [3.05, 3.63) is 36.4 Å². The minimum atomic E-state index is -0.991. The lowest BCUT2D eigenvalue weighted by atomic mass is 10.2. The average Bonchev–Trinajstić information content (AvgIpc) is 2.32. The smallest absolute Gasteiger partial charge is 0.335 e. The Morgan fingerprint density at radius 2 is 2.35 bits per heavy atom. The predicted molar refractivity (Wildman–Crippen MR) is 66.7 cm³/mol. The van der Waals surface area contributed by atoms with Crippen LogP contribution in [-0.2, 0) is 4.79 Å². The predicted octanol–water partition coefficient (Wildman–Crippen LogP) is 2.01. The molecule has 0 aliphatic carbocycles. The van der Waals surface area contributed by atoms with Crippen LogP contribution in [0.2, 0.25) is 0 Å². The Bertz CT molecular complexity index is 499. The molecular formula is C12H11NO3S. The number of rotatable bonds is 3. The lowest BCUT2D eigenvalue weighted by Gasteiger charge is -2.28. The van der Waals surface area contributed by atoms with Crippen molar-refractivity contribution in [1.29, 1.82) is 0 Å². The number of aromatic carboxylic acids is 1. The maximum atomic E-state index is 11.7. The molecule has 88 valence electrons. The third-order valence-electron chi connectivity index (χ3n) is 2.46. The van der Waals surface area contributed by atoms with Gasteiger partial charge in [0.1, 0.15) is 0 Å². The first-order valence-electron chi connectivity index (χ1n) is 5.05. The molecule has 0 radical (unpaired) electrons. The largest absolute Gasteiger partial charge is 0.478 e. The highest BCUT2D eigenvalue weighted by Gasteiger charge is 2.24. The van der Waals surface area contributed by atoms with Crippen molar-refractivity contribution in [1.82, 2.24) is 0 Å². The van der Waals surface area contributed by atoms with E-state index in [4.69, 9.17) is 5.11 Å². The molecule has 4 nitrogen and oxygen atoms in total. The fourth-order valence-corrected chi connectivity index (χ4v) is 2.58. The second-order valence-electron chi connectivity index (χ2n) is 3.57. The molecule has 17 heavy (non-hydrogen) atoms. The van der Waals surface area contributed by atoms with E-state index in [1.807, 2.05) is 0 Å². The summed E-state index contributed by atoms with van der Waals surface area (Å²) in [5.41, 5.74) is 0.846. The highest BCUT2D eigenvalue weighted by Crippen LogP contribution is 2.35. The average molecular weight is 249 g/mol. The maximum Gasteiger partial charge on any atom is 0.335 e. The summed E-state index contributed by atoms with van der Waals surface area (Å²) in [6.45, 7) is 4.00. The number of amides is 1. The van der Waals surface area contributed by atoms with E-state index in [-0.39, 0.29) is 11.5 Å². The van der Waals surface area contributed by atoms with Gasteiger partial charge in [-0.25, -0.2) is 4.79 Å². The summed E-state index contributed by atoms with van der Waals surface area (Å²) in [6.07, 6.45) is 1.63. The summed E-state index contributed by atoms with van der Waals surface area (Å²) in [5.74, 6) is -0.632. The zero-order valence-corrected chi connectivity index (χ0v) is 9.87. The molecule has 1 N–H and O–H groups in total. The summed E-state index contributed by atoms with van der Waals surface area (Å²) in [7, 11) is 0. The molecule has 0 bridgehead atoms. The minimum absolute atomic E-state index is 0.0232. The van der Waals surface area contributed by atoms with E-state index in [0.29, 0.717) is 18.0 Å². The van der Waals surface area contributed by atoms with Gasteiger partial charge in [0, 0.05) is 11.4 Å². The van der Waals surface area contributed by atoms with Crippen molar-refractivity contribution >= 4 is 29.3 Å². The Labute approximate surface area is 103 Å². The monoisotopic (exact) mass is 249 g/mol. The van der Waals surface area contributed by atoms with E-state index in [0.717, 1.165) is 4.90 Å². The number of benzene rings is 1. The summed E-state index contributed by atoms with van der Waals surface area (Å²) < 4.78 is 0. The Morgan fingerprint density at radius 1 is 1.59 bits per heavy atom. The van der Waals surface area contributed by atoms with Gasteiger partial charge in [-0.2, -0.15) is 0 Å². The number of carboxylic acids is 1. The van der Waals surface area contributed by atoms with Crippen molar-refractivity contribution in [2.75, 3.05) is 17.2 Å². The Balaban J connectivity index is 2.48. The Morgan fingerprint density at radius 3 is 3.00 bits per heavy atom. The molecule has 5 heteroatoms. The van der Waals surface area contributed by atoms with E-state index >= 15 is 0 Å². The molecule has 1 heterocycles. The summed E-state index contributed by atoms with van der Waals surface area (Å²) in [4.78, 5) is 25.1. The first-order valence-corrected chi connectivity index (χ1v) is 6.03. The van der Waals surface area contributed by atoms with Crippen LogP contribution in [0.3, 0.4) is 0 Å². The van der Waals surface area contributed by atoms with Crippen molar-refractivity contribution in [2.24, 2.45) is 0 Å². The van der Waals surface area contributed by atoms with Gasteiger partial charge in [-0.1, -0.05) is 6.08 Å². The zero-order valence-electron chi connectivity index (χ0n) is 9.05. The van der Waals surface area contributed by atoms with Crippen LogP contribution in [0.5, 0.6) is 0 Å². The van der Waals surface area contributed by atoms with Crippen LogP contribution in [0.1, 0.15) is 10.4 Å². The van der Waals surface area contributed by atoms with Crippen LogP contribution in [0.15, 0.2) is 35.7 Å². The molecule has 1 aliphatic rings. The first-order chi connectivity index (χ1) is 8.13. The van der Waals surface area contributed by atoms with E-state index in [1.165, 1.54) is 17.8 Å². The number of hydrogen-bond acceptors (Lipinski definition) is 3. The molecule has 1 aliphatic heterocycles. The van der Waals surface area contributed by atoms with Gasteiger partial charge in [0.05, 0.1) is 17.0 Å². The second kappa shape index (κ2) is 4.63. The molecule has 2 rings (SSSR count). The second-order valence-corrected chi connectivity index (χ2v) is 4.59. The minimum Gasteiger partial charge on any atom is -0.478 e. The topological polar surface area (TPSA) is 57.6 Å². The van der Waals surface area contributed by atoms with Crippen LogP contribution in [-0.4, -0.2) is 29.3 Å². The van der Waals surface area contributed by atoms with Crippen molar-refractivity contribution in [2.45, 2.75) is 4.90 Å². The van der Waals surface area contributed by atoms with Gasteiger partial charge in [0.25, 0.3) is 0 Å². The standard InChI is InChI=1S/C12H11NO3S/c1-2-5-13-9-6-8(12(15)16)3-4-10(9)17-7-11(13)14/h2-4,6H,1,5,7H2,(H,15,16). The number of carbonyl (C=O) groups excluding carboxylic acids is 1. The first kappa shape index (κ1) is 11.7. The van der Waals surface area contributed by atoms with Gasteiger partial charge in [0.15, 0.2) is 0 Å². The quantitative estimate of drug-likeness (QED) is 0.832. The van der Waals surface area contributed by atoms with Gasteiger partial charge in [-0.15, -0.1) is 18.3 Å². The SMILES string of the molecule is C=CCN1C(=O)CSc2ccc(C(=O)O)cc21. The molecule has 0 fully saturated rings. The van der Waals surface area contributed by atoms with Gasteiger partial charge in [-0.3, -0.25) is 4.79 Å². The highest BCUT2D eigenvalue weighted by molar-refractivity contribution is 8.00. The fourth-order valence-electron chi connectivity index (χ4n) is 1.66. The molecule has 0 saturated carbocycles. The fraction of sp³-hybridized carbons (Fsp3) is 0.167. The molecule has 0 saturated heterocycles. The molecule has 0 spiro atoms. The van der Waals surface area contributed by atoms with Crippen LogP contribution in [0.25, 0.3) is 0 Å². The van der Waals surface area contributed by atoms with Crippen LogP contribution in [0, 0.1) is 0 Å². The van der Waals surface area contributed by atoms with E-state index in [2.05, 4.69) is 6.58 Å².